The molecule has 2 aliphatic carbocycles. The van der Waals surface area contributed by atoms with E-state index in [0.29, 0.717) is 12.2 Å². The molecule has 6 nitrogen and oxygen atoms in total. The summed E-state index contributed by atoms with van der Waals surface area (Å²) < 4.78 is 0. The Hall–Kier alpha value is -1.01. The van der Waals surface area contributed by atoms with E-state index in [-0.39, 0.29) is 0 Å². The van der Waals surface area contributed by atoms with Crippen LogP contribution in [0.5, 0.6) is 0 Å². The highest BCUT2D eigenvalue weighted by Crippen LogP contribution is 2.47. The SMILES string of the molecule is CCCCCCC1CCC2NC(N(C)Cc3nn[nH]n3)CC(C3CCCCC3)C2C1. The summed E-state index contributed by atoms with van der Waals surface area (Å²) in [6.07, 6.45) is 20.4. The minimum absolute atomic E-state index is 0.442. The Kier molecular flexibility index (Phi) is 8.16. The summed E-state index contributed by atoms with van der Waals surface area (Å²) >= 11 is 0. The van der Waals surface area contributed by atoms with Gasteiger partial charge in [0.25, 0.3) is 0 Å². The topological polar surface area (TPSA) is 69.7 Å². The third-order valence-electron chi connectivity index (χ3n) is 8.49. The lowest BCUT2D eigenvalue weighted by Crippen LogP contribution is -2.59. The number of H-pyrrole nitrogens is 1. The quantitative estimate of drug-likeness (QED) is 0.560. The van der Waals surface area contributed by atoms with Gasteiger partial charge in [0, 0.05) is 6.04 Å². The monoisotopic (exact) mass is 416 g/mol. The minimum Gasteiger partial charge on any atom is -0.299 e. The van der Waals surface area contributed by atoms with Crippen molar-refractivity contribution in [2.45, 2.75) is 116 Å². The van der Waals surface area contributed by atoms with Gasteiger partial charge in [-0.3, -0.25) is 10.2 Å². The van der Waals surface area contributed by atoms with Crippen molar-refractivity contribution < 1.29 is 0 Å². The van der Waals surface area contributed by atoms with Crippen LogP contribution in [0.1, 0.15) is 103 Å². The smallest absolute Gasteiger partial charge is 0.188 e. The van der Waals surface area contributed by atoms with Gasteiger partial charge in [-0.2, -0.15) is 5.21 Å². The highest BCUT2D eigenvalue weighted by atomic mass is 15.5. The maximum atomic E-state index is 4.18. The van der Waals surface area contributed by atoms with E-state index in [2.05, 4.69) is 44.8 Å². The summed E-state index contributed by atoms with van der Waals surface area (Å²) in [4.78, 5) is 2.42. The first-order valence-corrected chi connectivity index (χ1v) is 12.9. The Labute approximate surface area is 183 Å². The van der Waals surface area contributed by atoms with Crippen molar-refractivity contribution in [2.75, 3.05) is 7.05 Å². The van der Waals surface area contributed by atoms with E-state index >= 15 is 0 Å². The lowest BCUT2D eigenvalue weighted by molar-refractivity contribution is -0.00688. The highest BCUT2D eigenvalue weighted by molar-refractivity contribution is 4.98. The fourth-order valence-corrected chi connectivity index (χ4v) is 6.84. The van der Waals surface area contributed by atoms with Gasteiger partial charge >= 0.3 is 0 Å². The first kappa shape index (κ1) is 22.2. The summed E-state index contributed by atoms with van der Waals surface area (Å²) in [5.41, 5.74) is 0. The predicted octanol–water partition coefficient (Wildman–Crippen LogP) is 4.90. The molecule has 1 saturated heterocycles. The van der Waals surface area contributed by atoms with Gasteiger partial charge < -0.3 is 0 Å². The molecule has 4 rings (SSSR count). The second-order valence-corrected chi connectivity index (χ2v) is 10.5. The lowest BCUT2D eigenvalue weighted by atomic mass is 9.62. The second kappa shape index (κ2) is 11.0. The van der Waals surface area contributed by atoms with Crippen LogP contribution in [0.15, 0.2) is 0 Å². The number of nitrogens with zero attached hydrogens (tertiary/aromatic N) is 4. The van der Waals surface area contributed by atoms with Crippen molar-refractivity contribution in [3.05, 3.63) is 5.82 Å². The molecule has 2 N–H and O–H groups in total. The average molecular weight is 417 g/mol. The molecule has 0 spiro atoms. The second-order valence-electron chi connectivity index (χ2n) is 10.5. The molecular formula is C24H44N6. The fourth-order valence-electron chi connectivity index (χ4n) is 6.84. The van der Waals surface area contributed by atoms with E-state index in [1.165, 1.54) is 89.9 Å². The molecule has 0 radical (unpaired) electrons. The van der Waals surface area contributed by atoms with Crippen molar-refractivity contribution in [3.8, 4) is 0 Å². The maximum Gasteiger partial charge on any atom is 0.188 e. The number of aromatic amines is 1. The van der Waals surface area contributed by atoms with E-state index in [1.54, 1.807) is 0 Å². The van der Waals surface area contributed by atoms with E-state index < -0.39 is 0 Å². The number of hydrogen-bond acceptors (Lipinski definition) is 5. The first-order valence-electron chi connectivity index (χ1n) is 12.9. The molecular weight excluding hydrogens is 372 g/mol. The minimum atomic E-state index is 0.442. The Morgan fingerprint density at radius 3 is 2.60 bits per heavy atom. The van der Waals surface area contributed by atoms with Crippen molar-refractivity contribution in [3.63, 3.8) is 0 Å². The van der Waals surface area contributed by atoms with Crippen LogP contribution in [0, 0.1) is 23.7 Å². The fraction of sp³-hybridized carbons (Fsp3) is 0.958. The molecule has 5 unspecified atom stereocenters. The molecule has 3 fully saturated rings. The van der Waals surface area contributed by atoms with Crippen molar-refractivity contribution in [1.29, 1.82) is 0 Å². The zero-order valence-corrected chi connectivity index (χ0v) is 19.4. The number of tetrazole rings is 1. The van der Waals surface area contributed by atoms with E-state index in [9.17, 15) is 0 Å². The van der Waals surface area contributed by atoms with Gasteiger partial charge in [-0.1, -0.05) is 76.3 Å². The molecule has 0 aromatic carbocycles. The van der Waals surface area contributed by atoms with Crippen LogP contribution >= 0.6 is 0 Å². The van der Waals surface area contributed by atoms with Crippen LogP contribution in [0.25, 0.3) is 0 Å². The van der Waals surface area contributed by atoms with Crippen LogP contribution in [0.3, 0.4) is 0 Å². The predicted molar refractivity (Wildman–Crippen MR) is 121 cm³/mol. The molecule has 30 heavy (non-hydrogen) atoms. The normalized spacial score (nSPS) is 33.0. The Balaban J connectivity index is 1.40. The Bertz CT molecular complexity index is 599. The zero-order chi connectivity index (χ0) is 20.8. The highest BCUT2D eigenvalue weighted by Gasteiger charge is 2.44. The number of rotatable bonds is 9. The summed E-state index contributed by atoms with van der Waals surface area (Å²) in [5.74, 6) is 4.52. The summed E-state index contributed by atoms with van der Waals surface area (Å²) in [6.45, 7) is 3.09. The van der Waals surface area contributed by atoms with Crippen LogP contribution < -0.4 is 5.32 Å². The molecule has 1 aliphatic heterocycles. The van der Waals surface area contributed by atoms with Gasteiger partial charge in [0.2, 0.25) is 0 Å². The van der Waals surface area contributed by atoms with Gasteiger partial charge in [-0.25, -0.2) is 0 Å². The number of hydrogen-bond donors (Lipinski definition) is 2. The number of nitrogens with one attached hydrogen (secondary N) is 2. The molecule has 5 atom stereocenters. The Morgan fingerprint density at radius 1 is 0.967 bits per heavy atom. The molecule has 1 aromatic heterocycles. The first-order chi connectivity index (χ1) is 14.7. The average Bonchev–Trinajstić information content (AvgIpc) is 3.29. The zero-order valence-electron chi connectivity index (χ0n) is 19.4. The molecule has 1 aromatic rings. The third-order valence-corrected chi connectivity index (χ3v) is 8.49. The molecule has 2 saturated carbocycles. The molecule has 6 heteroatoms. The maximum absolute atomic E-state index is 4.18. The van der Waals surface area contributed by atoms with Crippen LogP contribution in [0.4, 0.5) is 0 Å². The Morgan fingerprint density at radius 2 is 1.83 bits per heavy atom. The van der Waals surface area contributed by atoms with Crippen molar-refractivity contribution >= 4 is 0 Å². The molecule has 3 aliphatic rings. The van der Waals surface area contributed by atoms with Gasteiger partial charge in [0.1, 0.15) is 0 Å². The van der Waals surface area contributed by atoms with Crippen molar-refractivity contribution in [2.24, 2.45) is 23.7 Å². The number of unbranched alkanes of at least 4 members (excludes halogenated alkanes) is 3. The number of aromatic nitrogens is 4. The van der Waals surface area contributed by atoms with Gasteiger partial charge in [0.05, 0.1) is 12.7 Å². The summed E-state index contributed by atoms with van der Waals surface area (Å²) in [7, 11) is 2.23. The van der Waals surface area contributed by atoms with Crippen molar-refractivity contribution in [1.82, 2.24) is 30.8 Å². The van der Waals surface area contributed by atoms with Crippen LogP contribution in [-0.2, 0) is 6.54 Å². The largest absolute Gasteiger partial charge is 0.299 e. The van der Waals surface area contributed by atoms with E-state index in [4.69, 9.17) is 0 Å². The summed E-state index contributed by atoms with van der Waals surface area (Å²) in [6, 6.07) is 0.704. The van der Waals surface area contributed by atoms with E-state index in [1.807, 2.05) is 0 Å². The molecule has 0 amide bonds. The van der Waals surface area contributed by atoms with Gasteiger partial charge in [-0.15, -0.1) is 10.2 Å². The molecule has 2 heterocycles. The molecule has 0 bridgehead atoms. The lowest BCUT2D eigenvalue weighted by Gasteiger charge is -2.52. The van der Waals surface area contributed by atoms with Crippen LogP contribution in [-0.4, -0.2) is 44.8 Å². The van der Waals surface area contributed by atoms with Gasteiger partial charge in [0.15, 0.2) is 5.82 Å². The number of fused-ring (bicyclic) bond motifs is 1. The van der Waals surface area contributed by atoms with Gasteiger partial charge in [-0.05, 0) is 56.4 Å². The van der Waals surface area contributed by atoms with E-state index in [0.717, 1.165) is 36.0 Å². The standard InChI is InChI=1S/C24H44N6/c1-3-4-5-7-10-18-13-14-22-21(15-18)20(19-11-8-6-9-12-19)16-24(25-22)30(2)17-23-26-28-29-27-23/h18-22,24-25H,3-17H2,1-2H3,(H,26,27,28,29). The third kappa shape index (κ3) is 5.61. The molecule has 170 valence electrons. The number of piperidine rings is 1. The van der Waals surface area contributed by atoms with Crippen LogP contribution in [0.2, 0.25) is 0 Å². The summed E-state index contributed by atoms with van der Waals surface area (Å²) in [5, 5.41) is 18.8.